The fraction of sp³-hybridized carbons (Fsp3) is 0.211. The Kier molecular flexibility index (Phi) is 7.36. The van der Waals surface area contributed by atoms with Crippen molar-refractivity contribution in [3.05, 3.63) is 63.1 Å². The van der Waals surface area contributed by atoms with Crippen LogP contribution in [0.15, 0.2) is 46.9 Å². The zero-order chi connectivity index (χ0) is 19.1. The largest absolute Gasteiger partial charge is 0.454 e. The molecule has 5 nitrogen and oxygen atoms in total. The lowest BCUT2D eigenvalue weighted by Gasteiger charge is -2.08. The Balaban J connectivity index is 1.94. The predicted octanol–water partition coefficient (Wildman–Crippen LogP) is 4.88. The molecule has 0 saturated carbocycles. The molecule has 1 N–H and O–H groups in total. The topological polar surface area (TPSA) is 72.5 Å². The molecule has 0 bridgehead atoms. The molecule has 2 rings (SSSR count). The first-order valence-corrected chi connectivity index (χ1v) is 9.13. The van der Waals surface area contributed by atoms with E-state index in [1.54, 1.807) is 36.4 Å². The summed E-state index contributed by atoms with van der Waals surface area (Å²) in [6, 6.07) is 11.2. The Morgan fingerprint density at radius 2 is 1.81 bits per heavy atom. The average Bonchev–Trinajstić information content (AvgIpc) is 2.62. The van der Waals surface area contributed by atoms with E-state index in [1.165, 1.54) is 6.07 Å². The highest BCUT2D eigenvalue weighted by molar-refractivity contribution is 9.10. The maximum atomic E-state index is 12.2. The maximum Gasteiger partial charge on any atom is 0.340 e. The van der Waals surface area contributed by atoms with Gasteiger partial charge in [-0.2, -0.15) is 0 Å². The van der Waals surface area contributed by atoms with E-state index in [-0.39, 0.29) is 22.3 Å². The third-order valence-corrected chi connectivity index (χ3v) is 4.27. The van der Waals surface area contributed by atoms with Gasteiger partial charge < -0.3 is 10.1 Å². The highest BCUT2D eigenvalue weighted by Crippen LogP contribution is 2.22. The molecule has 0 aliphatic heterocycles. The van der Waals surface area contributed by atoms with Crippen LogP contribution in [0.4, 0.5) is 5.69 Å². The molecule has 2 aromatic carbocycles. The molecule has 0 radical (unpaired) electrons. The number of esters is 1. The second kappa shape index (κ2) is 9.50. The van der Waals surface area contributed by atoms with Gasteiger partial charge in [0.25, 0.3) is 0 Å². The van der Waals surface area contributed by atoms with Gasteiger partial charge in [0.05, 0.1) is 10.6 Å². The van der Waals surface area contributed by atoms with E-state index < -0.39 is 12.6 Å². The second-order valence-electron chi connectivity index (χ2n) is 5.50. The number of rotatable bonds is 7. The second-order valence-corrected chi connectivity index (χ2v) is 6.82. The quantitative estimate of drug-likeness (QED) is 0.494. The van der Waals surface area contributed by atoms with E-state index in [2.05, 4.69) is 21.2 Å². The van der Waals surface area contributed by atoms with Gasteiger partial charge in [0.2, 0.25) is 5.91 Å². The summed E-state index contributed by atoms with van der Waals surface area (Å²) in [6.45, 7) is 1.52. The van der Waals surface area contributed by atoms with Crippen molar-refractivity contribution >= 4 is 50.9 Å². The number of nitrogens with one attached hydrogen (secondary N) is 1. The molecule has 26 heavy (non-hydrogen) atoms. The SMILES string of the molecule is CCCC(=O)Nc1ccc(C(=O)COC(=O)c2cc(Br)ccc2Cl)cc1. The summed E-state index contributed by atoms with van der Waals surface area (Å²) in [6.07, 6.45) is 1.20. The summed E-state index contributed by atoms with van der Waals surface area (Å²) in [7, 11) is 0. The van der Waals surface area contributed by atoms with Crippen LogP contribution in [0.1, 0.15) is 40.5 Å². The molecule has 0 fully saturated rings. The summed E-state index contributed by atoms with van der Waals surface area (Å²) in [4.78, 5) is 35.8. The molecule has 0 heterocycles. The van der Waals surface area contributed by atoms with Crippen molar-refractivity contribution in [3.8, 4) is 0 Å². The fourth-order valence-electron chi connectivity index (χ4n) is 2.14. The number of ketones is 1. The minimum absolute atomic E-state index is 0.0774. The van der Waals surface area contributed by atoms with Crippen molar-refractivity contribution in [2.75, 3.05) is 11.9 Å². The minimum Gasteiger partial charge on any atom is -0.454 e. The number of halogens is 2. The molecule has 0 aliphatic rings. The number of carbonyl (C=O) groups is 3. The number of carbonyl (C=O) groups excluding carboxylic acids is 3. The first-order chi connectivity index (χ1) is 12.4. The Morgan fingerprint density at radius 3 is 2.46 bits per heavy atom. The van der Waals surface area contributed by atoms with Crippen LogP contribution in [0.5, 0.6) is 0 Å². The maximum absolute atomic E-state index is 12.2. The molecule has 0 atom stereocenters. The molecule has 2 aromatic rings. The van der Waals surface area contributed by atoms with Gasteiger partial charge in [-0.3, -0.25) is 9.59 Å². The van der Waals surface area contributed by atoms with Gasteiger partial charge in [0, 0.05) is 22.1 Å². The van der Waals surface area contributed by atoms with Gasteiger partial charge in [-0.25, -0.2) is 4.79 Å². The van der Waals surface area contributed by atoms with E-state index >= 15 is 0 Å². The van der Waals surface area contributed by atoms with Crippen molar-refractivity contribution in [1.82, 2.24) is 0 Å². The van der Waals surface area contributed by atoms with Gasteiger partial charge in [0.1, 0.15) is 0 Å². The lowest BCUT2D eigenvalue weighted by molar-refractivity contribution is -0.116. The van der Waals surface area contributed by atoms with Gasteiger partial charge in [-0.15, -0.1) is 0 Å². The van der Waals surface area contributed by atoms with Gasteiger partial charge >= 0.3 is 5.97 Å². The summed E-state index contributed by atoms with van der Waals surface area (Å²) < 4.78 is 5.72. The van der Waals surface area contributed by atoms with Crippen LogP contribution in [-0.2, 0) is 9.53 Å². The highest BCUT2D eigenvalue weighted by atomic mass is 79.9. The summed E-state index contributed by atoms with van der Waals surface area (Å²) in [5.74, 6) is -1.10. The number of Topliss-reactive ketones (excluding diaryl/α,β-unsaturated/α-hetero) is 1. The van der Waals surface area contributed by atoms with Crippen molar-refractivity contribution in [3.63, 3.8) is 0 Å². The molecule has 7 heteroatoms. The standard InChI is InChI=1S/C19H17BrClNO4/c1-2-3-18(24)22-14-7-4-12(5-8-14)17(23)11-26-19(25)15-10-13(20)6-9-16(15)21/h4-10H,2-3,11H2,1H3,(H,22,24). The lowest BCUT2D eigenvalue weighted by Crippen LogP contribution is -2.15. The molecule has 136 valence electrons. The number of hydrogen-bond donors (Lipinski definition) is 1. The summed E-state index contributed by atoms with van der Waals surface area (Å²) in [5.41, 5.74) is 1.17. The Hall–Kier alpha value is -2.18. The summed E-state index contributed by atoms with van der Waals surface area (Å²) in [5, 5.41) is 2.99. The number of hydrogen-bond acceptors (Lipinski definition) is 4. The van der Waals surface area contributed by atoms with Crippen LogP contribution >= 0.6 is 27.5 Å². The molecule has 0 aromatic heterocycles. The Bertz CT molecular complexity index is 821. The third-order valence-electron chi connectivity index (χ3n) is 3.45. The zero-order valence-electron chi connectivity index (χ0n) is 14.1. The van der Waals surface area contributed by atoms with Crippen LogP contribution in [0.3, 0.4) is 0 Å². The highest BCUT2D eigenvalue weighted by Gasteiger charge is 2.15. The van der Waals surface area contributed by atoms with E-state index in [1.807, 2.05) is 6.92 Å². The van der Waals surface area contributed by atoms with E-state index in [0.717, 1.165) is 6.42 Å². The molecular weight excluding hydrogens is 422 g/mol. The predicted molar refractivity (Wildman–Crippen MR) is 104 cm³/mol. The number of anilines is 1. The van der Waals surface area contributed by atoms with Crippen LogP contribution < -0.4 is 5.32 Å². The van der Waals surface area contributed by atoms with Crippen molar-refractivity contribution < 1.29 is 19.1 Å². The Labute approximate surface area is 164 Å². The average molecular weight is 439 g/mol. The molecule has 0 unspecified atom stereocenters. The van der Waals surface area contributed by atoms with E-state index in [0.29, 0.717) is 22.1 Å². The van der Waals surface area contributed by atoms with E-state index in [4.69, 9.17) is 16.3 Å². The molecule has 0 spiro atoms. The molecule has 0 saturated heterocycles. The minimum atomic E-state index is -0.673. The van der Waals surface area contributed by atoms with Crippen molar-refractivity contribution in [1.29, 1.82) is 0 Å². The lowest BCUT2D eigenvalue weighted by atomic mass is 10.1. The van der Waals surface area contributed by atoms with Crippen LogP contribution in [-0.4, -0.2) is 24.3 Å². The van der Waals surface area contributed by atoms with Crippen LogP contribution in [0.2, 0.25) is 5.02 Å². The van der Waals surface area contributed by atoms with E-state index in [9.17, 15) is 14.4 Å². The normalized spacial score (nSPS) is 10.3. The van der Waals surface area contributed by atoms with Crippen molar-refractivity contribution in [2.45, 2.75) is 19.8 Å². The zero-order valence-corrected chi connectivity index (χ0v) is 16.4. The number of ether oxygens (including phenoxy) is 1. The van der Waals surface area contributed by atoms with Crippen LogP contribution in [0, 0.1) is 0 Å². The van der Waals surface area contributed by atoms with Crippen molar-refractivity contribution in [2.24, 2.45) is 0 Å². The smallest absolute Gasteiger partial charge is 0.340 e. The summed E-state index contributed by atoms with van der Waals surface area (Å²) >= 11 is 9.22. The third kappa shape index (κ3) is 5.68. The first kappa shape index (κ1) is 20.1. The molecule has 0 aliphatic carbocycles. The van der Waals surface area contributed by atoms with Crippen LogP contribution in [0.25, 0.3) is 0 Å². The van der Waals surface area contributed by atoms with Gasteiger partial charge in [0.15, 0.2) is 12.4 Å². The first-order valence-electron chi connectivity index (χ1n) is 7.96. The molecule has 1 amide bonds. The fourth-order valence-corrected chi connectivity index (χ4v) is 2.69. The molecular formula is C19H17BrClNO4. The van der Waals surface area contributed by atoms with Gasteiger partial charge in [-0.1, -0.05) is 34.5 Å². The Morgan fingerprint density at radius 1 is 1.12 bits per heavy atom. The monoisotopic (exact) mass is 437 g/mol. The number of benzene rings is 2. The van der Waals surface area contributed by atoms with Gasteiger partial charge in [-0.05, 0) is 48.9 Å². The number of amides is 1.